The number of esters is 2. The molecule has 0 aromatic carbocycles. The molecule has 0 spiro atoms. The molecule has 0 aromatic rings. The molecular formula is C57H106O5. The van der Waals surface area contributed by atoms with Crippen LogP contribution in [0.3, 0.4) is 0 Å². The molecular weight excluding hydrogens is 765 g/mol. The van der Waals surface area contributed by atoms with Gasteiger partial charge in [-0.3, -0.25) is 9.59 Å². The Morgan fingerprint density at radius 1 is 0.371 bits per heavy atom. The summed E-state index contributed by atoms with van der Waals surface area (Å²) < 4.78 is 10.7. The number of allylic oxidation sites excluding steroid dienone is 6. The highest BCUT2D eigenvalue weighted by Crippen LogP contribution is 2.17. The number of ether oxygens (including phenoxy) is 2. The summed E-state index contributed by atoms with van der Waals surface area (Å²) in [6.45, 7) is 4.16. The van der Waals surface area contributed by atoms with Gasteiger partial charge in [-0.2, -0.15) is 0 Å². The second kappa shape index (κ2) is 53.5. The Morgan fingerprint density at radius 3 is 0.968 bits per heavy atom. The summed E-state index contributed by atoms with van der Waals surface area (Å²) in [6, 6.07) is 0. The third kappa shape index (κ3) is 50.8. The highest BCUT2D eigenvalue weighted by Gasteiger charge is 2.16. The van der Waals surface area contributed by atoms with Gasteiger partial charge in [-0.15, -0.1) is 0 Å². The largest absolute Gasteiger partial charge is 0.462 e. The van der Waals surface area contributed by atoms with E-state index >= 15 is 0 Å². The van der Waals surface area contributed by atoms with Crippen molar-refractivity contribution in [3.63, 3.8) is 0 Å². The summed E-state index contributed by atoms with van der Waals surface area (Å²) in [4.78, 5) is 24.5. The number of aliphatic hydroxyl groups is 1. The molecule has 0 bridgehead atoms. The van der Waals surface area contributed by atoms with Crippen LogP contribution in [-0.2, 0) is 19.1 Å². The van der Waals surface area contributed by atoms with Crippen molar-refractivity contribution in [2.75, 3.05) is 13.2 Å². The number of hydrogen-bond donors (Lipinski definition) is 1. The third-order valence-electron chi connectivity index (χ3n) is 12.4. The van der Waals surface area contributed by atoms with E-state index in [1.807, 2.05) is 0 Å². The van der Waals surface area contributed by atoms with E-state index in [0.717, 1.165) is 44.9 Å². The van der Waals surface area contributed by atoms with E-state index in [2.05, 4.69) is 50.3 Å². The van der Waals surface area contributed by atoms with Gasteiger partial charge < -0.3 is 14.6 Å². The number of hydrogen-bond acceptors (Lipinski definition) is 5. The first-order valence-corrected chi connectivity index (χ1v) is 27.5. The lowest BCUT2D eigenvalue weighted by Crippen LogP contribution is -2.28. The second-order valence-corrected chi connectivity index (χ2v) is 18.7. The Kier molecular flexibility index (Phi) is 51.8. The number of unbranched alkanes of at least 4 members (excludes halogenated alkanes) is 37. The minimum Gasteiger partial charge on any atom is -0.462 e. The molecule has 0 rings (SSSR count). The zero-order chi connectivity index (χ0) is 44.9. The van der Waals surface area contributed by atoms with Crippen LogP contribution in [0.25, 0.3) is 0 Å². The van der Waals surface area contributed by atoms with E-state index in [1.54, 1.807) is 0 Å². The topological polar surface area (TPSA) is 72.8 Å². The lowest BCUT2D eigenvalue weighted by atomic mass is 10.0. The Hall–Kier alpha value is -1.88. The van der Waals surface area contributed by atoms with E-state index in [1.165, 1.54) is 225 Å². The fourth-order valence-corrected chi connectivity index (χ4v) is 8.23. The van der Waals surface area contributed by atoms with Crippen molar-refractivity contribution in [3.8, 4) is 0 Å². The molecule has 0 heterocycles. The van der Waals surface area contributed by atoms with Crippen LogP contribution in [0.2, 0.25) is 0 Å². The first-order chi connectivity index (χ1) is 30.6. The van der Waals surface area contributed by atoms with Crippen LogP contribution in [0.15, 0.2) is 36.5 Å². The standard InChI is InChI=1S/C57H106O5/c1-3-5-7-9-11-13-15-17-19-21-22-23-24-25-26-27-28-29-30-31-32-33-34-36-38-40-42-44-46-48-50-52-57(60)62-55(53-58)54-61-56(59)51-49-47-45-43-41-39-37-35-20-18-16-14-12-10-8-6-4-2/h15,17-18,20-22,55,58H,3-14,16,19,23-54H2,1-2H3/b17-15-,20-18-,22-21-. The van der Waals surface area contributed by atoms with Crippen LogP contribution in [0.5, 0.6) is 0 Å². The monoisotopic (exact) mass is 871 g/mol. The fraction of sp³-hybridized carbons (Fsp3) is 0.860. The molecule has 1 N–H and O–H groups in total. The second-order valence-electron chi connectivity index (χ2n) is 18.7. The molecule has 364 valence electrons. The van der Waals surface area contributed by atoms with E-state index < -0.39 is 6.10 Å². The normalized spacial score (nSPS) is 12.4. The quantitative estimate of drug-likeness (QED) is 0.0374. The van der Waals surface area contributed by atoms with Gasteiger partial charge in [-0.25, -0.2) is 0 Å². The fourth-order valence-electron chi connectivity index (χ4n) is 8.23. The molecule has 0 saturated heterocycles. The minimum absolute atomic E-state index is 0.0640. The average molecular weight is 871 g/mol. The van der Waals surface area contributed by atoms with Gasteiger partial charge in [0.2, 0.25) is 0 Å². The van der Waals surface area contributed by atoms with Gasteiger partial charge in [0.15, 0.2) is 6.10 Å². The molecule has 0 aliphatic carbocycles. The molecule has 62 heavy (non-hydrogen) atoms. The molecule has 0 aliphatic rings. The van der Waals surface area contributed by atoms with E-state index in [4.69, 9.17) is 9.47 Å². The lowest BCUT2D eigenvalue weighted by Gasteiger charge is -2.15. The summed E-state index contributed by atoms with van der Waals surface area (Å²) in [5, 5.41) is 9.63. The van der Waals surface area contributed by atoms with Crippen LogP contribution >= 0.6 is 0 Å². The summed E-state index contributed by atoms with van der Waals surface area (Å²) in [5.41, 5.74) is 0. The first-order valence-electron chi connectivity index (χ1n) is 27.5. The van der Waals surface area contributed by atoms with E-state index in [9.17, 15) is 14.7 Å². The van der Waals surface area contributed by atoms with Gasteiger partial charge in [0.25, 0.3) is 0 Å². The Labute approximate surface area is 386 Å². The van der Waals surface area contributed by atoms with Gasteiger partial charge in [-0.1, -0.05) is 249 Å². The van der Waals surface area contributed by atoms with Crippen molar-refractivity contribution < 1.29 is 24.2 Å². The van der Waals surface area contributed by atoms with Gasteiger partial charge in [-0.05, 0) is 70.6 Å². The highest BCUT2D eigenvalue weighted by molar-refractivity contribution is 5.70. The van der Waals surface area contributed by atoms with Gasteiger partial charge in [0.05, 0.1) is 6.61 Å². The number of aliphatic hydroxyl groups excluding tert-OH is 1. The third-order valence-corrected chi connectivity index (χ3v) is 12.4. The maximum atomic E-state index is 12.3. The number of rotatable bonds is 51. The molecule has 1 atom stereocenters. The molecule has 5 nitrogen and oxygen atoms in total. The molecule has 0 fully saturated rings. The molecule has 0 aliphatic heterocycles. The highest BCUT2D eigenvalue weighted by atomic mass is 16.6. The Bertz CT molecular complexity index is 986. The summed E-state index contributed by atoms with van der Waals surface area (Å²) in [7, 11) is 0. The van der Waals surface area contributed by atoms with Crippen LogP contribution in [0, 0.1) is 0 Å². The van der Waals surface area contributed by atoms with Crippen LogP contribution in [-0.4, -0.2) is 36.4 Å². The number of carbonyl (C=O) groups is 2. The Balaban J connectivity index is 3.43. The van der Waals surface area contributed by atoms with Crippen LogP contribution in [0.4, 0.5) is 0 Å². The summed E-state index contributed by atoms with van der Waals surface area (Å²) >= 11 is 0. The molecule has 1 unspecified atom stereocenters. The van der Waals surface area contributed by atoms with Crippen molar-refractivity contribution in [2.45, 2.75) is 302 Å². The average Bonchev–Trinajstić information content (AvgIpc) is 3.28. The van der Waals surface area contributed by atoms with Gasteiger partial charge >= 0.3 is 11.9 Å². The summed E-state index contributed by atoms with van der Waals surface area (Å²) in [5.74, 6) is -0.581. The predicted molar refractivity (Wildman–Crippen MR) is 270 cm³/mol. The smallest absolute Gasteiger partial charge is 0.306 e. The minimum atomic E-state index is -0.771. The zero-order valence-corrected chi connectivity index (χ0v) is 41.6. The lowest BCUT2D eigenvalue weighted by molar-refractivity contribution is -0.161. The van der Waals surface area contributed by atoms with Crippen molar-refractivity contribution >= 4 is 11.9 Å². The molecule has 0 aromatic heterocycles. The predicted octanol–water partition coefficient (Wildman–Crippen LogP) is 18.3. The van der Waals surface area contributed by atoms with E-state index in [0.29, 0.717) is 12.8 Å². The van der Waals surface area contributed by atoms with Crippen molar-refractivity contribution in [1.29, 1.82) is 0 Å². The van der Waals surface area contributed by atoms with Crippen molar-refractivity contribution in [3.05, 3.63) is 36.5 Å². The first kappa shape index (κ1) is 60.1. The maximum Gasteiger partial charge on any atom is 0.306 e. The van der Waals surface area contributed by atoms with Crippen molar-refractivity contribution in [2.24, 2.45) is 0 Å². The SMILES string of the molecule is CCCCCCC/C=C\C/C=C\CCCCCCCCCCCCCCCCCCCCCC(=O)OC(CO)COC(=O)CCCCCCCCC/C=C\CCCCCCCC. The van der Waals surface area contributed by atoms with Crippen LogP contribution in [0.1, 0.15) is 296 Å². The molecule has 0 saturated carbocycles. The molecule has 0 radical (unpaired) electrons. The van der Waals surface area contributed by atoms with Gasteiger partial charge in [0, 0.05) is 12.8 Å². The Morgan fingerprint density at radius 2 is 0.645 bits per heavy atom. The van der Waals surface area contributed by atoms with E-state index in [-0.39, 0.29) is 25.2 Å². The van der Waals surface area contributed by atoms with Gasteiger partial charge in [0.1, 0.15) is 6.61 Å². The van der Waals surface area contributed by atoms with Crippen molar-refractivity contribution in [1.82, 2.24) is 0 Å². The molecule has 5 heteroatoms. The zero-order valence-electron chi connectivity index (χ0n) is 41.6. The maximum absolute atomic E-state index is 12.3. The molecule has 0 amide bonds. The number of carbonyl (C=O) groups excluding carboxylic acids is 2. The summed E-state index contributed by atoms with van der Waals surface area (Å²) in [6.07, 6.45) is 68.3. The van der Waals surface area contributed by atoms with Crippen LogP contribution < -0.4 is 0 Å².